The van der Waals surface area contributed by atoms with Gasteiger partial charge in [0.25, 0.3) is 0 Å². The quantitative estimate of drug-likeness (QED) is 0.521. The van der Waals surface area contributed by atoms with Crippen LogP contribution in [0, 0.1) is 5.92 Å². The molecule has 3 nitrogen and oxygen atoms in total. The molecule has 110 valence electrons. The minimum atomic E-state index is 0.711. The fraction of sp³-hybridized carbons (Fsp3) is 0.389. The van der Waals surface area contributed by atoms with E-state index in [0.29, 0.717) is 5.92 Å². The zero-order valence-electron chi connectivity index (χ0n) is 12.3. The summed E-state index contributed by atoms with van der Waals surface area (Å²) in [6, 6.07) is 12.3. The van der Waals surface area contributed by atoms with Gasteiger partial charge in [0.2, 0.25) is 0 Å². The number of hydrogen-bond donors (Lipinski definition) is 1. The average molecular weight is 282 g/mol. The predicted molar refractivity (Wildman–Crippen MR) is 87.8 cm³/mol. The summed E-state index contributed by atoms with van der Waals surface area (Å²) in [5, 5.41) is 5.90. The first-order valence-corrected chi connectivity index (χ1v) is 7.76. The van der Waals surface area contributed by atoms with Gasteiger partial charge >= 0.3 is 0 Å². The van der Waals surface area contributed by atoms with Gasteiger partial charge in [-0.05, 0) is 36.3 Å². The van der Waals surface area contributed by atoms with Gasteiger partial charge in [0, 0.05) is 10.9 Å². The summed E-state index contributed by atoms with van der Waals surface area (Å²) in [6.45, 7) is 0.828. The lowest BCUT2D eigenvalue weighted by atomic mass is 9.90. The largest absolute Gasteiger partial charge is 0.493 e. The molecular weight excluding hydrogens is 260 g/mol. The molecule has 3 heteroatoms. The van der Waals surface area contributed by atoms with Gasteiger partial charge in [-0.1, -0.05) is 43.5 Å². The van der Waals surface area contributed by atoms with E-state index in [2.05, 4.69) is 17.2 Å². The number of benzene rings is 2. The van der Waals surface area contributed by atoms with E-state index in [0.717, 1.165) is 28.7 Å². The molecule has 0 atom stereocenters. The SMILES string of the molecule is NN=Cc1ccc(OCC2CCCCC2)c2ccccc12. The van der Waals surface area contributed by atoms with Crippen molar-refractivity contribution in [3.8, 4) is 5.75 Å². The Bertz CT molecular complexity index is 630. The van der Waals surface area contributed by atoms with Gasteiger partial charge in [0.15, 0.2) is 0 Å². The van der Waals surface area contributed by atoms with Crippen LogP contribution in [0.1, 0.15) is 37.7 Å². The lowest BCUT2D eigenvalue weighted by Crippen LogP contribution is -2.15. The molecule has 2 aromatic rings. The third-order valence-electron chi connectivity index (χ3n) is 4.33. The van der Waals surface area contributed by atoms with E-state index in [-0.39, 0.29) is 0 Å². The van der Waals surface area contributed by atoms with E-state index in [4.69, 9.17) is 10.6 Å². The second-order valence-corrected chi connectivity index (χ2v) is 5.79. The van der Waals surface area contributed by atoms with Crippen LogP contribution < -0.4 is 10.6 Å². The third kappa shape index (κ3) is 3.18. The first kappa shape index (κ1) is 13.9. The second kappa shape index (κ2) is 6.61. The van der Waals surface area contributed by atoms with Crippen molar-refractivity contribution in [2.24, 2.45) is 16.9 Å². The number of hydrazone groups is 1. The van der Waals surface area contributed by atoms with E-state index in [1.165, 1.54) is 32.1 Å². The van der Waals surface area contributed by atoms with Gasteiger partial charge in [-0.2, -0.15) is 5.10 Å². The van der Waals surface area contributed by atoms with Crippen LogP contribution >= 0.6 is 0 Å². The highest BCUT2D eigenvalue weighted by molar-refractivity contribution is 6.02. The van der Waals surface area contributed by atoms with E-state index in [9.17, 15) is 0 Å². The summed E-state index contributed by atoms with van der Waals surface area (Å²) in [5.41, 5.74) is 1.03. The van der Waals surface area contributed by atoms with Crippen molar-refractivity contribution in [3.05, 3.63) is 42.0 Å². The summed E-state index contributed by atoms with van der Waals surface area (Å²) in [7, 11) is 0. The fourth-order valence-electron chi connectivity index (χ4n) is 3.17. The molecule has 0 aromatic heterocycles. The Morgan fingerprint density at radius 2 is 1.81 bits per heavy atom. The lowest BCUT2D eigenvalue weighted by Gasteiger charge is -2.22. The number of fused-ring (bicyclic) bond motifs is 1. The molecule has 1 aliphatic carbocycles. The highest BCUT2D eigenvalue weighted by atomic mass is 16.5. The Kier molecular flexibility index (Phi) is 4.39. The minimum Gasteiger partial charge on any atom is -0.493 e. The van der Waals surface area contributed by atoms with Crippen LogP contribution in [-0.2, 0) is 0 Å². The normalized spacial score (nSPS) is 16.6. The van der Waals surface area contributed by atoms with Crippen molar-refractivity contribution in [2.75, 3.05) is 6.61 Å². The molecule has 1 saturated carbocycles. The summed E-state index contributed by atoms with van der Waals surface area (Å²) < 4.78 is 6.12. The fourth-order valence-corrected chi connectivity index (χ4v) is 3.17. The highest BCUT2D eigenvalue weighted by Crippen LogP contribution is 2.30. The smallest absolute Gasteiger partial charge is 0.127 e. The van der Waals surface area contributed by atoms with Gasteiger partial charge in [-0.3, -0.25) is 0 Å². The van der Waals surface area contributed by atoms with Crippen molar-refractivity contribution in [1.82, 2.24) is 0 Å². The van der Waals surface area contributed by atoms with Crippen molar-refractivity contribution in [1.29, 1.82) is 0 Å². The molecule has 0 bridgehead atoms. The van der Waals surface area contributed by atoms with Crippen LogP contribution in [0.4, 0.5) is 0 Å². The molecular formula is C18H22N2O. The predicted octanol–water partition coefficient (Wildman–Crippen LogP) is 4.09. The maximum absolute atomic E-state index is 6.12. The molecule has 2 aromatic carbocycles. The van der Waals surface area contributed by atoms with Gasteiger partial charge in [-0.15, -0.1) is 0 Å². The number of rotatable bonds is 4. The van der Waals surface area contributed by atoms with Crippen LogP contribution in [0.5, 0.6) is 5.75 Å². The average Bonchev–Trinajstić information content (AvgIpc) is 2.55. The number of ether oxygens (including phenoxy) is 1. The standard InChI is InChI=1S/C18H22N2O/c19-20-12-15-10-11-18(17-9-5-4-8-16(15)17)21-13-14-6-2-1-3-7-14/h4-5,8-12,14H,1-3,6-7,13,19H2. The number of nitrogens with zero attached hydrogens (tertiary/aromatic N) is 1. The molecule has 3 rings (SSSR count). The van der Waals surface area contributed by atoms with Crippen LogP contribution in [-0.4, -0.2) is 12.8 Å². The topological polar surface area (TPSA) is 47.6 Å². The molecule has 0 saturated heterocycles. The molecule has 1 fully saturated rings. The molecule has 1 aliphatic rings. The van der Waals surface area contributed by atoms with Crippen LogP contribution in [0.3, 0.4) is 0 Å². The van der Waals surface area contributed by atoms with Gasteiger partial charge < -0.3 is 10.6 Å². The Morgan fingerprint density at radius 3 is 2.57 bits per heavy atom. The molecule has 21 heavy (non-hydrogen) atoms. The van der Waals surface area contributed by atoms with E-state index in [1.807, 2.05) is 24.3 Å². The van der Waals surface area contributed by atoms with Gasteiger partial charge in [0.05, 0.1) is 12.8 Å². The zero-order chi connectivity index (χ0) is 14.5. The Morgan fingerprint density at radius 1 is 1.05 bits per heavy atom. The minimum absolute atomic E-state index is 0.711. The van der Waals surface area contributed by atoms with Crippen LogP contribution in [0.15, 0.2) is 41.5 Å². The molecule has 0 unspecified atom stereocenters. The zero-order valence-corrected chi connectivity index (χ0v) is 12.3. The maximum atomic E-state index is 6.12. The number of nitrogens with two attached hydrogens (primary N) is 1. The summed E-state index contributed by atoms with van der Waals surface area (Å²) in [4.78, 5) is 0. The van der Waals surface area contributed by atoms with Crippen molar-refractivity contribution in [3.63, 3.8) is 0 Å². The second-order valence-electron chi connectivity index (χ2n) is 5.79. The summed E-state index contributed by atoms with van der Waals surface area (Å²) in [6.07, 6.45) is 8.37. The highest BCUT2D eigenvalue weighted by Gasteiger charge is 2.14. The molecule has 0 aliphatic heterocycles. The Hall–Kier alpha value is -2.03. The first-order valence-electron chi connectivity index (χ1n) is 7.76. The van der Waals surface area contributed by atoms with Crippen LogP contribution in [0.2, 0.25) is 0 Å². The Labute approximate surface area is 125 Å². The van der Waals surface area contributed by atoms with Crippen LogP contribution in [0.25, 0.3) is 10.8 Å². The maximum Gasteiger partial charge on any atom is 0.127 e. The van der Waals surface area contributed by atoms with E-state index in [1.54, 1.807) is 6.21 Å². The molecule has 0 amide bonds. The number of hydrogen-bond acceptors (Lipinski definition) is 3. The Balaban J connectivity index is 1.83. The summed E-state index contributed by atoms with van der Waals surface area (Å²) >= 11 is 0. The van der Waals surface area contributed by atoms with E-state index < -0.39 is 0 Å². The van der Waals surface area contributed by atoms with Crippen molar-refractivity contribution >= 4 is 17.0 Å². The van der Waals surface area contributed by atoms with Crippen molar-refractivity contribution < 1.29 is 4.74 Å². The van der Waals surface area contributed by atoms with Crippen molar-refractivity contribution in [2.45, 2.75) is 32.1 Å². The van der Waals surface area contributed by atoms with E-state index >= 15 is 0 Å². The molecule has 0 heterocycles. The molecule has 0 radical (unpaired) electrons. The summed E-state index contributed by atoms with van der Waals surface area (Å²) in [5.74, 6) is 6.96. The van der Waals surface area contributed by atoms with Gasteiger partial charge in [0.1, 0.15) is 5.75 Å². The van der Waals surface area contributed by atoms with Gasteiger partial charge in [-0.25, -0.2) is 0 Å². The molecule has 0 spiro atoms. The first-order chi connectivity index (χ1) is 10.4. The lowest BCUT2D eigenvalue weighted by molar-refractivity contribution is 0.210. The molecule has 2 N–H and O–H groups in total. The monoisotopic (exact) mass is 282 g/mol. The third-order valence-corrected chi connectivity index (χ3v) is 4.33.